The number of benzene rings is 2. The second-order valence-electron chi connectivity index (χ2n) is 8.18. The molecule has 172 valence electrons. The third kappa shape index (κ3) is 3.63. The number of nitrogens with one attached hydrogen (secondary N) is 3. The number of aryl methyl sites for hydroxylation is 2. The average Bonchev–Trinajstić information content (AvgIpc) is 3.47. The van der Waals surface area contributed by atoms with Gasteiger partial charge in [-0.2, -0.15) is 0 Å². The van der Waals surface area contributed by atoms with Crippen LogP contribution in [-0.2, 0) is 23.2 Å². The van der Waals surface area contributed by atoms with E-state index in [9.17, 15) is 14.4 Å². The Morgan fingerprint density at radius 1 is 0.912 bits per heavy atom. The van der Waals surface area contributed by atoms with E-state index in [0.717, 1.165) is 27.4 Å². The maximum absolute atomic E-state index is 13.1. The van der Waals surface area contributed by atoms with Crippen molar-refractivity contribution in [3.8, 4) is 0 Å². The van der Waals surface area contributed by atoms with Crippen LogP contribution in [0.4, 0.5) is 4.79 Å². The van der Waals surface area contributed by atoms with Crippen LogP contribution in [-0.4, -0.2) is 33.5 Å². The number of amides is 4. The SMILES string of the molecule is Cn1cc(C2=C(c3cn(CCCNC(=O)NS)c4ccccc34)C(=O)NC2=O)c2ccccc21. The van der Waals surface area contributed by atoms with E-state index in [4.69, 9.17) is 0 Å². The number of aromatic nitrogens is 2. The zero-order chi connectivity index (χ0) is 23.8. The van der Waals surface area contributed by atoms with Crippen molar-refractivity contribution < 1.29 is 14.4 Å². The molecule has 0 bridgehead atoms. The topological polar surface area (TPSA) is 97.2 Å². The number of fused-ring (bicyclic) bond motifs is 2. The van der Waals surface area contributed by atoms with Crippen molar-refractivity contribution in [2.75, 3.05) is 6.54 Å². The normalized spacial score (nSPS) is 13.7. The van der Waals surface area contributed by atoms with Crippen LogP contribution in [0.3, 0.4) is 0 Å². The minimum Gasteiger partial charge on any atom is -0.350 e. The Morgan fingerprint density at radius 2 is 1.50 bits per heavy atom. The highest BCUT2D eigenvalue weighted by molar-refractivity contribution is 7.78. The summed E-state index contributed by atoms with van der Waals surface area (Å²) in [6.45, 7) is 1.09. The Labute approximate surface area is 201 Å². The van der Waals surface area contributed by atoms with Gasteiger partial charge < -0.3 is 14.5 Å². The van der Waals surface area contributed by atoms with Gasteiger partial charge in [-0.15, -0.1) is 0 Å². The van der Waals surface area contributed by atoms with E-state index in [2.05, 4.69) is 32.7 Å². The van der Waals surface area contributed by atoms with E-state index < -0.39 is 11.8 Å². The minimum absolute atomic E-state index is 0.354. The minimum atomic E-state index is -0.400. The van der Waals surface area contributed by atoms with Crippen LogP contribution in [0.25, 0.3) is 33.0 Å². The number of rotatable bonds is 6. The van der Waals surface area contributed by atoms with Crippen molar-refractivity contribution in [3.05, 3.63) is 72.1 Å². The molecule has 0 radical (unpaired) electrons. The fourth-order valence-corrected chi connectivity index (χ4v) is 4.71. The van der Waals surface area contributed by atoms with Crippen molar-refractivity contribution in [2.24, 2.45) is 7.05 Å². The molecule has 2 aromatic carbocycles. The van der Waals surface area contributed by atoms with Crippen LogP contribution in [0, 0.1) is 0 Å². The molecule has 8 nitrogen and oxygen atoms in total. The summed E-state index contributed by atoms with van der Waals surface area (Å²) >= 11 is 3.73. The molecule has 0 saturated carbocycles. The van der Waals surface area contributed by atoms with Gasteiger partial charge in [0.1, 0.15) is 0 Å². The monoisotopic (exact) mass is 473 g/mol. The number of carbonyl (C=O) groups is 3. The summed E-state index contributed by atoms with van der Waals surface area (Å²) in [6.07, 6.45) is 4.50. The zero-order valence-electron chi connectivity index (χ0n) is 18.5. The number of carbonyl (C=O) groups excluding carboxylic acids is 3. The Bertz CT molecular complexity index is 1500. The smallest absolute Gasteiger partial charge is 0.324 e. The fraction of sp³-hybridized carbons (Fsp3) is 0.160. The van der Waals surface area contributed by atoms with E-state index >= 15 is 0 Å². The molecule has 34 heavy (non-hydrogen) atoms. The average molecular weight is 474 g/mol. The van der Waals surface area contributed by atoms with Crippen molar-refractivity contribution in [3.63, 3.8) is 0 Å². The first-order chi connectivity index (χ1) is 16.5. The van der Waals surface area contributed by atoms with Crippen LogP contribution in [0.5, 0.6) is 0 Å². The molecule has 0 unspecified atom stereocenters. The number of thiol groups is 1. The zero-order valence-corrected chi connectivity index (χ0v) is 19.4. The second-order valence-corrected chi connectivity index (χ2v) is 8.40. The highest BCUT2D eigenvalue weighted by atomic mass is 32.1. The summed E-state index contributed by atoms with van der Waals surface area (Å²) < 4.78 is 6.24. The summed E-state index contributed by atoms with van der Waals surface area (Å²) in [5.74, 6) is -0.793. The molecule has 0 aliphatic carbocycles. The molecule has 3 heterocycles. The largest absolute Gasteiger partial charge is 0.350 e. The lowest BCUT2D eigenvalue weighted by Crippen LogP contribution is -2.31. The maximum atomic E-state index is 13.1. The molecule has 2 aromatic heterocycles. The number of nitrogens with zero attached hydrogens (tertiary/aromatic N) is 2. The fourth-order valence-electron chi connectivity index (χ4n) is 4.63. The Balaban J connectivity index is 1.62. The molecular weight excluding hydrogens is 450 g/mol. The molecule has 0 saturated heterocycles. The van der Waals surface area contributed by atoms with Gasteiger partial charge in [0.05, 0.1) is 11.1 Å². The van der Waals surface area contributed by atoms with Gasteiger partial charge >= 0.3 is 6.03 Å². The number of urea groups is 1. The maximum Gasteiger partial charge on any atom is 0.324 e. The number of hydrogen-bond donors (Lipinski definition) is 4. The Kier molecular flexibility index (Phi) is 5.62. The predicted octanol–water partition coefficient (Wildman–Crippen LogP) is 3.23. The summed E-state index contributed by atoms with van der Waals surface area (Å²) in [5.41, 5.74) is 4.14. The molecule has 0 spiro atoms. The lowest BCUT2D eigenvalue weighted by Gasteiger charge is -2.06. The molecule has 0 atom stereocenters. The van der Waals surface area contributed by atoms with Crippen LogP contribution >= 0.6 is 12.8 Å². The van der Waals surface area contributed by atoms with Crippen molar-refractivity contribution in [1.82, 2.24) is 24.5 Å². The second kappa shape index (κ2) is 8.75. The molecule has 5 rings (SSSR count). The number of hydrogen-bond acceptors (Lipinski definition) is 4. The first-order valence-electron chi connectivity index (χ1n) is 10.9. The molecule has 4 amide bonds. The van der Waals surface area contributed by atoms with Gasteiger partial charge in [0.25, 0.3) is 11.8 Å². The molecule has 1 aliphatic rings. The van der Waals surface area contributed by atoms with E-state index in [0.29, 0.717) is 36.2 Å². The number of para-hydroxylation sites is 2. The highest BCUT2D eigenvalue weighted by Gasteiger charge is 2.35. The third-order valence-electron chi connectivity index (χ3n) is 6.12. The highest BCUT2D eigenvalue weighted by Crippen LogP contribution is 2.38. The van der Waals surface area contributed by atoms with Crippen molar-refractivity contribution in [1.29, 1.82) is 0 Å². The molecule has 0 fully saturated rings. The molecule has 4 aromatic rings. The van der Waals surface area contributed by atoms with Crippen LogP contribution in [0.2, 0.25) is 0 Å². The van der Waals surface area contributed by atoms with Crippen molar-refractivity contribution >= 4 is 63.6 Å². The Morgan fingerprint density at radius 3 is 2.18 bits per heavy atom. The van der Waals surface area contributed by atoms with Gasteiger partial charge in [-0.3, -0.25) is 19.6 Å². The van der Waals surface area contributed by atoms with Crippen molar-refractivity contribution in [2.45, 2.75) is 13.0 Å². The third-order valence-corrected chi connectivity index (χ3v) is 6.32. The number of imide groups is 1. The molecule has 9 heteroatoms. The molecular formula is C25H23N5O3S. The molecule has 1 aliphatic heterocycles. The van der Waals surface area contributed by atoms with E-state index in [1.54, 1.807) is 0 Å². The lowest BCUT2D eigenvalue weighted by atomic mass is 9.95. The molecule has 3 N–H and O–H groups in total. The lowest BCUT2D eigenvalue weighted by molar-refractivity contribution is -0.122. The van der Waals surface area contributed by atoms with Gasteiger partial charge in [0, 0.05) is 65.5 Å². The Hall–Kier alpha value is -3.98. The van der Waals surface area contributed by atoms with Crippen LogP contribution in [0.15, 0.2) is 60.9 Å². The predicted molar refractivity (Wildman–Crippen MR) is 135 cm³/mol. The van der Waals surface area contributed by atoms with E-state index in [-0.39, 0.29) is 6.03 Å². The quantitative estimate of drug-likeness (QED) is 0.197. The van der Waals surface area contributed by atoms with E-state index in [1.807, 2.05) is 72.5 Å². The first-order valence-corrected chi connectivity index (χ1v) is 11.3. The summed E-state index contributed by atoms with van der Waals surface area (Å²) in [4.78, 5) is 37.4. The van der Waals surface area contributed by atoms with Gasteiger partial charge in [-0.25, -0.2) is 4.79 Å². The van der Waals surface area contributed by atoms with Gasteiger partial charge in [0.15, 0.2) is 0 Å². The van der Waals surface area contributed by atoms with Crippen LogP contribution in [0.1, 0.15) is 17.5 Å². The summed E-state index contributed by atoms with van der Waals surface area (Å²) in [6, 6.07) is 15.3. The summed E-state index contributed by atoms with van der Waals surface area (Å²) in [5, 5.41) is 7.02. The van der Waals surface area contributed by atoms with E-state index in [1.165, 1.54) is 0 Å². The standard InChI is InChI=1S/C25H23N5O3S/c1-29-13-17(15-7-2-4-9-19(15)29)21-22(24(32)27-23(21)31)18-14-30(12-6-11-26-25(33)28-34)20-10-5-3-8-16(18)20/h2-5,7-10,13-14,34H,6,11-12H2,1H3,(H2,26,28,33)(H,27,31,32). The first kappa shape index (κ1) is 21.8. The van der Waals surface area contributed by atoms with Gasteiger partial charge in [0.2, 0.25) is 0 Å². The van der Waals surface area contributed by atoms with Gasteiger partial charge in [-0.1, -0.05) is 49.2 Å². The van der Waals surface area contributed by atoms with Crippen LogP contribution < -0.4 is 15.4 Å². The van der Waals surface area contributed by atoms with Gasteiger partial charge in [-0.05, 0) is 18.6 Å². The summed E-state index contributed by atoms with van der Waals surface area (Å²) in [7, 11) is 1.93.